The minimum absolute atomic E-state index is 0.0168. The summed E-state index contributed by atoms with van der Waals surface area (Å²) in [5, 5.41) is 9.64. The highest BCUT2D eigenvalue weighted by Crippen LogP contribution is 2.48. The number of carbonyl (C=O) groups is 1. The van der Waals surface area contributed by atoms with Crippen LogP contribution in [0.1, 0.15) is 32.6 Å². The SMILES string of the molecule is CB(O)C1CCCN1C(=O)C(N)C1(C)CC1. The van der Waals surface area contributed by atoms with Crippen LogP contribution in [0.25, 0.3) is 0 Å². The molecule has 1 saturated heterocycles. The molecule has 0 bridgehead atoms. The smallest absolute Gasteiger partial charge is 0.309 e. The van der Waals surface area contributed by atoms with Crippen LogP contribution in [0.15, 0.2) is 0 Å². The average molecular weight is 224 g/mol. The Kier molecular flexibility index (Phi) is 3.01. The van der Waals surface area contributed by atoms with E-state index in [1.54, 1.807) is 11.7 Å². The van der Waals surface area contributed by atoms with Crippen LogP contribution < -0.4 is 5.73 Å². The van der Waals surface area contributed by atoms with E-state index in [0.29, 0.717) is 0 Å². The van der Waals surface area contributed by atoms with E-state index in [1.807, 2.05) is 0 Å². The van der Waals surface area contributed by atoms with Gasteiger partial charge in [-0.1, -0.05) is 13.7 Å². The summed E-state index contributed by atoms with van der Waals surface area (Å²) >= 11 is 0. The molecular weight excluding hydrogens is 203 g/mol. The zero-order valence-electron chi connectivity index (χ0n) is 10.1. The molecule has 0 aromatic carbocycles. The molecule has 1 heterocycles. The van der Waals surface area contributed by atoms with Crippen molar-refractivity contribution in [1.82, 2.24) is 4.90 Å². The summed E-state index contributed by atoms with van der Waals surface area (Å²) in [5.74, 6) is 0.00398. The third-order valence-corrected chi connectivity index (χ3v) is 4.19. The molecule has 2 rings (SSSR count). The molecule has 2 atom stereocenters. The van der Waals surface area contributed by atoms with Crippen LogP contribution in [0.5, 0.6) is 0 Å². The van der Waals surface area contributed by atoms with Crippen molar-refractivity contribution in [3.8, 4) is 0 Å². The Morgan fingerprint density at radius 1 is 1.62 bits per heavy atom. The Morgan fingerprint density at radius 2 is 2.25 bits per heavy atom. The van der Waals surface area contributed by atoms with Crippen LogP contribution in [-0.2, 0) is 4.79 Å². The minimum Gasteiger partial charge on any atom is -0.449 e. The zero-order valence-corrected chi connectivity index (χ0v) is 10.1. The molecule has 1 aliphatic carbocycles. The van der Waals surface area contributed by atoms with Gasteiger partial charge in [-0.3, -0.25) is 4.79 Å². The van der Waals surface area contributed by atoms with E-state index in [1.165, 1.54) is 0 Å². The molecule has 4 nitrogen and oxygen atoms in total. The maximum Gasteiger partial charge on any atom is 0.309 e. The number of nitrogens with zero attached hydrogens (tertiary/aromatic N) is 1. The molecule has 3 N–H and O–H groups in total. The van der Waals surface area contributed by atoms with E-state index in [-0.39, 0.29) is 23.3 Å². The number of rotatable bonds is 3. The highest BCUT2D eigenvalue weighted by atomic mass is 16.2. The maximum absolute atomic E-state index is 12.2. The van der Waals surface area contributed by atoms with Crippen LogP contribution >= 0.6 is 0 Å². The van der Waals surface area contributed by atoms with Crippen molar-refractivity contribution in [2.24, 2.45) is 11.1 Å². The van der Waals surface area contributed by atoms with Gasteiger partial charge in [0, 0.05) is 12.5 Å². The van der Waals surface area contributed by atoms with Gasteiger partial charge in [-0.25, -0.2) is 0 Å². The minimum atomic E-state index is -0.453. The fourth-order valence-electron chi connectivity index (χ4n) is 2.55. The highest BCUT2D eigenvalue weighted by Gasteiger charge is 2.49. The molecule has 5 heteroatoms. The molecule has 1 aliphatic heterocycles. The number of hydrogen-bond acceptors (Lipinski definition) is 3. The van der Waals surface area contributed by atoms with Crippen molar-refractivity contribution in [1.29, 1.82) is 0 Å². The molecule has 2 fully saturated rings. The summed E-state index contributed by atoms with van der Waals surface area (Å²) < 4.78 is 0. The van der Waals surface area contributed by atoms with Gasteiger partial charge in [-0.2, -0.15) is 0 Å². The molecule has 0 spiro atoms. The summed E-state index contributed by atoms with van der Waals surface area (Å²) in [4.78, 5) is 14.0. The second-order valence-electron chi connectivity index (χ2n) is 5.61. The van der Waals surface area contributed by atoms with Gasteiger partial charge in [-0.15, -0.1) is 0 Å². The second kappa shape index (κ2) is 4.04. The fourth-order valence-corrected chi connectivity index (χ4v) is 2.55. The molecule has 2 aliphatic rings. The van der Waals surface area contributed by atoms with Gasteiger partial charge in [0.25, 0.3) is 0 Å². The normalized spacial score (nSPS) is 29.0. The number of hydrogen-bond donors (Lipinski definition) is 2. The van der Waals surface area contributed by atoms with Crippen LogP contribution in [0.2, 0.25) is 6.82 Å². The first-order chi connectivity index (χ1) is 7.46. The molecule has 90 valence electrons. The molecule has 2 unspecified atom stereocenters. The first-order valence-corrected chi connectivity index (χ1v) is 6.20. The van der Waals surface area contributed by atoms with Gasteiger partial charge in [0.15, 0.2) is 0 Å². The first kappa shape index (κ1) is 11.9. The van der Waals surface area contributed by atoms with Crippen molar-refractivity contribution < 1.29 is 9.82 Å². The summed E-state index contributed by atoms with van der Waals surface area (Å²) in [5.41, 5.74) is 6.04. The first-order valence-electron chi connectivity index (χ1n) is 6.20. The largest absolute Gasteiger partial charge is 0.449 e. The third-order valence-electron chi connectivity index (χ3n) is 4.19. The van der Waals surface area contributed by atoms with Crippen LogP contribution in [0, 0.1) is 5.41 Å². The highest BCUT2D eigenvalue weighted by molar-refractivity contribution is 6.51. The maximum atomic E-state index is 12.2. The summed E-state index contributed by atoms with van der Waals surface area (Å²) in [7, 11) is 0. The number of carbonyl (C=O) groups excluding carboxylic acids is 1. The summed E-state index contributed by atoms with van der Waals surface area (Å²) in [6.45, 7) is 4.12. The van der Waals surface area contributed by atoms with Crippen molar-refractivity contribution >= 4 is 12.8 Å². The lowest BCUT2D eigenvalue weighted by Crippen LogP contribution is -2.52. The number of likely N-dealkylation sites (tertiary alicyclic amines) is 1. The molecule has 0 aromatic heterocycles. The predicted molar refractivity (Wildman–Crippen MR) is 63.9 cm³/mol. The van der Waals surface area contributed by atoms with E-state index in [4.69, 9.17) is 5.73 Å². The van der Waals surface area contributed by atoms with Gasteiger partial charge in [0.1, 0.15) is 0 Å². The molecule has 0 aromatic rings. The molecule has 1 amide bonds. The van der Waals surface area contributed by atoms with Crippen molar-refractivity contribution in [2.75, 3.05) is 6.54 Å². The van der Waals surface area contributed by atoms with E-state index in [9.17, 15) is 9.82 Å². The Labute approximate surface area is 97.3 Å². The fraction of sp³-hybridized carbons (Fsp3) is 0.909. The van der Waals surface area contributed by atoms with Gasteiger partial charge < -0.3 is 15.7 Å². The van der Waals surface area contributed by atoms with Crippen LogP contribution in [-0.4, -0.2) is 41.3 Å². The van der Waals surface area contributed by atoms with E-state index < -0.39 is 6.92 Å². The van der Waals surface area contributed by atoms with Gasteiger partial charge in [-0.05, 0) is 31.1 Å². The quantitative estimate of drug-likeness (QED) is 0.675. The predicted octanol–water partition coefficient (Wildman–Crippen LogP) is 0.258. The van der Waals surface area contributed by atoms with Gasteiger partial charge in [0.05, 0.1) is 6.04 Å². The Hall–Kier alpha value is -0.545. The van der Waals surface area contributed by atoms with Crippen LogP contribution in [0.4, 0.5) is 0 Å². The molecule has 0 radical (unpaired) electrons. The third kappa shape index (κ3) is 1.98. The number of amides is 1. The lowest BCUT2D eigenvalue weighted by Gasteiger charge is -2.30. The standard InChI is InChI=1S/C11H21BN2O2/c1-11(5-6-11)9(13)10(15)14-7-3-4-8(14)12(2)16/h8-9,16H,3-7,13H2,1-2H3. The van der Waals surface area contributed by atoms with E-state index in [0.717, 1.165) is 32.2 Å². The van der Waals surface area contributed by atoms with Crippen molar-refractivity contribution in [2.45, 2.75) is 51.4 Å². The number of nitrogens with two attached hydrogens (primary N) is 1. The lowest BCUT2D eigenvalue weighted by atomic mass is 9.62. The molecular formula is C11H21BN2O2. The molecule has 1 saturated carbocycles. The Morgan fingerprint density at radius 3 is 2.75 bits per heavy atom. The Balaban J connectivity index is 2.03. The summed E-state index contributed by atoms with van der Waals surface area (Å²) in [6, 6.07) is -0.383. The van der Waals surface area contributed by atoms with E-state index in [2.05, 4.69) is 6.92 Å². The lowest BCUT2D eigenvalue weighted by molar-refractivity contribution is -0.133. The Bertz CT molecular complexity index is 292. The van der Waals surface area contributed by atoms with Gasteiger partial charge >= 0.3 is 6.92 Å². The summed E-state index contributed by atoms with van der Waals surface area (Å²) in [6.07, 6.45) is 3.97. The van der Waals surface area contributed by atoms with Crippen LogP contribution in [0.3, 0.4) is 0 Å². The van der Waals surface area contributed by atoms with Crippen molar-refractivity contribution in [3.05, 3.63) is 0 Å². The monoisotopic (exact) mass is 224 g/mol. The topological polar surface area (TPSA) is 66.6 Å². The second-order valence-corrected chi connectivity index (χ2v) is 5.61. The van der Waals surface area contributed by atoms with Gasteiger partial charge in [0.2, 0.25) is 5.91 Å². The van der Waals surface area contributed by atoms with Crippen molar-refractivity contribution in [3.63, 3.8) is 0 Å². The van der Waals surface area contributed by atoms with E-state index >= 15 is 0 Å². The average Bonchev–Trinajstić information content (AvgIpc) is 2.83. The zero-order chi connectivity index (χ0) is 11.9. The molecule has 16 heavy (non-hydrogen) atoms.